The zero-order chi connectivity index (χ0) is 28.6. The van der Waals surface area contributed by atoms with Crippen LogP contribution in [0.2, 0.25) is 0 Å². The molecule has 0 aliphatic heterocycles. The van der Waals surface area contributed by atoms with Gasteiger partial charge in [-0.1, -0.05) is 131 Å². The van der Waals surface area contributed by atoms with E-state index in [1.807, 2.05) is 42.5 Å². The number of phenols is 1. The Hall–Kier alpha value is -4.70. The van der Waals surface area contributed by atoms with Gasteiger partial charge in [-0.2, -0.15) is 0 Å². The van der Waals surface area contributed by atoms with Crippen LogP contribution in [0, 0.1) is 0 Å². The highest BCUT2D eigenvalue weighted by atomic mass is 16.3. The van der Waals surface area contributed by atoms with E-state index in [9.17, 15) is 5.11 Å². The van der Waals surface area contributed by atoms with Crippen LogP contribution in [0.4, 0.5) is 0 Å². The highest BCUT2D eigenvalue weighted by Gasteiger charge is 2.32. The average molecular weight is 538 g/mol. The van der Waals surface area contributed by atoms with Gasteiger partial charge in [0.2, 0.25) is 0 Å². The Balaban J connectivity index is 1.51. The predicted octanol–water partition coefficient (Wildman–Crippen LogP) is 8.37. The van der Waals surface area contributed by atoms with Crippen molar-refractivity contribution in [3.63, 3.8) is 0 Å². The first-order valence-corrected chi connectivity index (χ1v) is 14.1. The molecule has 6 aromatic rings. The van der Waals surface area contributed by atoms with Gasteiger partial charge in [-0.05, 0) is 52.4 Å². The summed E-state index contributed by atoms with van der Waals surface area (Å²) < 4.78 is 0. The van der Waals surface area contributed by atoms with Gasteiger partial charge >= 0.3 is 0 Å². The van der Waals surface area contributed by atoms with Crippen LogP contribution in [0.3, 0.4) is 0 Å². The highest BCUT2D eigenvalue weighted by Crippen LogP contribution is 2.43. The van der Waals surface area contributed by atoms with Crippen LogP contribution in [0.15, 0.2) is 121 Å². The number of nitrogens with zero attached hydrogens (tertiary/aromatic N) is 3. The Morgan fingerprint density at radius 2 is 1.12 bits per heavy atom. The Kier molecular flexibility index (Phi) is 6.70. The molecule has 0 saturated carbocycles. The number of benzene rings is 5. The van der Waals surface area contributed by atoms with E-state index in [1.54, 1.807) is 4.80 Å². The van der Waals surface area contributed by atoms with Crippen LogP contribution in [0.25, 0.3) is 16.7 Å². The first kappa shape index (κ1) is 26.5. The van der Waals surface area contributed by atoms with Gasteiger partial charge in [0.05, 0.1) is 0 Å². The minimum atomic E-state index is -0.460. The summed E-state index contributed by atoms with van der Waals surface area (Å²) in [6, 6.07) is 41.7. The summed E-state index contributed by atoms with van der Waals surface area (Å²) >= 11 is 0. The number of phenolic OH excluding ortho intramolecular Hbond substituents is 1. The molecule has 4 heteroatoms. The van der Waals surface area contributed by atoms with Crippen LogP contribution in [-0.2, 0) is 17.3 Å². The van der Waals surface area contributed by atoms with Gasteiger partial charge in [-0.25, -0.2) is 0 Å². The van der Waals surface area contributed by atoms with Crippen LogP contribution >= 0.6 is 0 Å². The quantitative estimate of drug-likeness (QED) is 0.223. The Labute approximate surface area is 241 Å². The Morgan fingerprint density at radius 1 is 0.561 bits per heavy atom. The third-order valence-corrected chi connectivity index (χ3v) is 8.39. The largest absolute Gasteiger partial charge is 0.505 e. The monoisotopic (exact) mass is 537 g/mol. The molecular weight excluding hydrogens is 502 g/mol. The van der Waals surface area contributed by atoms with E-state index >= 15 is 0 Å². The van der Waals surface area contributed by atoms with Gasteiger partial charge in [0, 0.05) is 16.4 Å². The van der Waals surface area contributed by atoms with Crippen molar-refractivity contribution in [2.24, 2.45) is 0 Å². The van der Waals surface area contributed by atoms with Crippen LogP contribution in [0.5, 0.6) is 5.75 Å². The maximum atomic E-state index is 11.9. The fraction of sp³-hybridized carbons (Fsp3) is 0.189. The fourth-order valence-electron chi connectivity index (χ4n) is 5.65. The number of hydrogen-bond acceptors (Lipinski definition) is 3. The maximum absolute atomic E-state index is 11.9. The summed E-state index contributed by atoms with van der Waals surface area (Å²) in [7, 11) is 0. The topological polar surface area (TPSA) is 50.9 Å². The molecule has 0 bridgehead atoms. The smallest absolute Gasteiger partial charge is 0.147 e. The molecule has 204 valence electrons. The van der Waals surface area contributed by atoms with Gasteiger partial charge in [0.15, 0.2) is 0 Å². The highest BCUT2D eigenvalue weighted by molar-refractivity contribution is 5.75. The SMILES string of the molecule is CC(C)(c1ccccc1)c1cc(-n2nc3ccc(Cc4ccccc4)cc3n2)c(O)c(C(C)(C)c2ccccc2)c1. The van der Waals surface area contributed by atoms with Crippen LogP contribution in [0.1, 0.15) is 61.1 Å². The third kappa shape index (κ3) is 5.02. The number of aromatic nitrogens is 3. The minimum Gasteiger partial charge on any atom is -0.505 e. The van der Waals surface area contributed by atoms with E-state index < -0.39 is 5.41 Å². The van der Waals surface area contributed by atoms with Crippen molar-refractivity contribution in [2.75, 3.05) is 0 Å². The number of rotatable bonds is 7. The molecule has 4 nitrogen and oxygen atoms in total. The van der Waals surface area contributed by atoms with Gasteiger partial charge in [-0.3, -0.25) is 0 Å². The van der Waals surface area contributed by atoms with Crippen molar-refractivity contribution in [3.8, 4) is 11.4 Å². The second-order valence-electron chi connectivity index (χ2n) is 11.8. The van der Waals surface area contributed by atoms with Gasteiger partial charge in [-0.15, -0.1) is 15.0 Å². The van der Waals surface area contributed by atoms with Crippen molar-refractivity contribution in [2.45, 2.75) is 44.9 Å². The third-order valence-electron chi connectivity index (χ3n) is 8.39. The molecule has 1 aromatic heterocycles. The molecule has 6 rings (SSSR count). The molecule has 5 aromatic carbocycles. The Morgan fingerprint density at radius 3 is 1.76 bits per heavy atom. The molecule has 1 heterocycles. The van der Waals surface area contributed by atoms with Crippen LogP contribution in [-0.4, -0.2) is 20.1 Å². The van der Waals surface area contributed by atoms with E-state index in [0.717, 1.165) is 34.1 Å². The molecule has 0 fully saturated rings. The standard InChI is InChI=1S/C37H35N3O/c1-36(2,28-16-10-6-11-17-28)30-24-31(37(3,4)29-18-12-7-13-19-29)35(41)34(25-30)40-38-32-21-20-27(23-33(32)39-40)22-26-14-8-5-9-15-26/h5-21,23-25,41H,22H2,1-4H3. The predicted molar refractivity (Wildman–Crippen MR) is 167 cm³/mol. The van der Waals surface area contributed by atoms with Gasteiger partial charge < -0.3 is 5.11 Å². The molecule has 0 unspecified atom stereocenters. The molecule has 0 radical (unpaired) electrons. The summed E-state index contributed by atoms with van der Waals surface area (Å²) in [6.45, 7) is 8.76. The Bertz CT molecular complexity index is 1800. The van der Waals surface area contributed by atoms with Crippen molar-refractivity contribution < 1.29 is 5.11 Å². The molecule has 41 heavy (non-hydrogen) atoms. The average Bonchev–Trinajstić information content (AvgIpc) is 3.42. The summed E-state index contributed by atoms with van der Waals surface area (Å²) in [4.78, 5) is 1.60. The van der Waals surface area contributed by atoms with Crippen molar-refractivity contribution in [3.05, 3.63) is 155 Å². The van der Waals surface area contributed by atoms with E-state index in [0.29, 0.717) is 5.69 Å². The van der Waals surface area contributed by atoms with E-state index in [-0.39, 0.29) is 11.2 Å². The lowest BCUT2D eigenvalue weighted by atomic mass is 9.72. The zero-order valence-electron chi connectivity index (χ0n) is 24.0. The van der Waals surface area contributed by atoms with Crippen molar-refractivity contribution in [1.29, 1.82) is 0 Å². The molecule has 0 spiro atoms. The van der Waals surface area contributed by atoms with Crippen molar-refractivity contribution >= 4 is 11.0 Å². The van der Waals surface area contributed by atoms with Crippen molar-refractivity contribution in [1.82, 2.24) is 15.0 Å². The first-order chi connectivity index (χ1) is 19.7. The van der Waals surface area contributed by atoms with E-state index in [1.165, 1.54) is 16.7 Å². The molecule has 0 aliphatic rings. The molecule has 0 amide bonds. The number of fused-ring (bicyclic) bond motifs is 1. The first-order valence-electron chi connectivity index (χ1n) is 14.1. The molecule has 0 saturated heterocycles. The summed E-state index contributed by atoms with van der Waals surface area (Å²) in [5.41, 5.74) is 8.06. The summed E-state index contributed by atoms with van der Waals surface area (Å²) in [5.74, 6) is 0.191. The number of hydrogen-bond donors (Lipinski definition) is 1. The maximum Gasteiger partial charge on any atom is 0.147 e. The second-order valence-corrected chi connectivity index (χ2v) is 11.8. The number of aromatic hydroxyl groups is 1. The lowest BCUT2D eigenvalue weighted by molar-refractivity contribution is 0.445. The fourth-order valence-corrected chi connectivity index (χ4v) is 5.65. The summed E-state index contributed by atoms with van der Waals surface area (Å²) in [5, 5.41) is 21.6. The van der Waals surface area contributed by atoms with Gasteiger partial charge in [0.25, 0.3) is 0 Å². The van der Waals surface area contributed by atoms with Crippen LogP contribution < -0.4 is 0 Å². The lowest BCUT2D eigenvalue weighted by Crippen LogP contribution is -2.24. The molecule has 1 N–H and O–H groups in total. The molecule has 0 atom stereocenters. The second kappa shape index (κ2) is 10.4. The van der Waals surface area contributed by atoms with Gasteiger partial charge in [0.1, 0.15) is 22.5 Å². The minimum absolute atomic E-state index is 0.191. The lowest BCUT2D eigenvalue weighted by Gasteiger charge is -2.32. The van der Waals surface area contributed by atoms with E-state index in [2.05, 4.69) is 107 Å². The molecule has 0 aliphatic carbocycles. The van der Waals surface area contributed by atoms with E-state index in [4.69, 9.17) is 10.2 Å². The normalized spacial score (nSPS) is 12.1. The summed E-state index contributed by atoms with van der Waals surface area (Å²) in [6.07, 6.45) is 0.824. The zero-order valence-corrected chi connectivity index (χ0v) is 24.0. The molecular formula is C37H35N3O.